The van der Waals surface area contributed by atoms with Crippen molar-refractivity contribution < 1.29 is 8.94 Å². The first-order valence-electron chi connectivity index (χ1n) is 7.12. The predicted molar refractivity (Wildman–Crippen MR) is 87.7 cm³/mol. The first kappa shape index (κ1) is 15.8. The molecule has 0 saturated carbocycles. The Morgan fingerprint density at radius 1 is 1.16 bits per heavy atom. The third-order valence-corrected chi connectivity index (χ3v) is 4.16. The molecule has 4 rings (SSSR count). The zero-order chi connectivity index (χ0) is 17.1. The Hall–Kier alpha value is -2.72. The molecule has 1 aromatic carbocycles. The summed E-state index contributed by atoms with van der Waals surface area (Å²) in [6.45, 7) is 0.372. The quantitative estimate of drug-likeness (QED) is 0.470. The van der Waals surface area contributed by atoms with Crippen LogP contribution in [0.15, 0.2) is 51.1 Å². The standard InChI is InChI=1S/C14H10ClN7O2S/c15-10-3-1-9(2-4-10)13-18-11(21-24-13)6-25-14-20-19-12(23-14)5-22-8-16-7-17-22/h1-4,7-8H,5-6H2. The van der Waals surface area contributed by atoms with Gasteiger partial charge in [0, 0.05) is 10.6 Å². The average Bonchev–Trinajstić information content (AvgIpc) is 3.36. The lowest BCUT2D eigenvalue weighted by Gasteiger charge is -1.93. The molecule has 11 heteroatoms. The Kier molecular flexibility index (Phi) is 4.44. The maximum absolute atomic E-state index is 5.87. The predicted octanol–water partition coefficient (Wildman–Crippen LogP) is 2.71. The molecule has 0 fully saturated rings. The van der Waals surface area contributed by atoms with E-state index in [9.17, 15) is 0 Å². The SMILES string of the molecule is Clc1ccc(-c2nc(CSc3nnc(Cn4cncn4)o3)no2)cc1. The van der Waals surface area contributed by atoms with E-state index in [0.29, 0.717) is 40.1 Å². The highest BCUT2D eigenvalue weighted by molar-refractivity contribution is 7.98. The number of aromatic nitrogens is 7. The topological polar surface area (TPSA) is 109 Å². The number of nitrogens with zero attached hydrogens (tertiary/aromatic N) is 7. The summed E-state index contributed by atoms with van der Waals surface area (Å²) in [4.78, 5) is 8.19. The third-order valence-electron chi connectivity index (χ3n) is 3.10. The van der Waals surface area contributed by atoms with E-state index in [0.717, 1.165) is 5.56 Å². The molecule has 0 radical (unpaired) electrons. The van der Waals surface area contributed by atoms with Crippen LogP contribution < -0.4 is 0 Å². The van der Waals surface area contributed by atoms with Crippen molar-refractivity contribution in [3.8, 4) is 11.5 Å². The van der Waals surface area contributed by atoms with Gasteiger partial charge in [-0.25, -0.2) is 9.67 Å². The Balaban J connectivity index is 1.37. The molecule has 3 aromatic heterocycles. The van der Waals surface area contributed by atoms with E-state index in [2.05, 4.69) is 30.4 Å². The van der Waals surface area contributed by atoms with Crippen molar-refractivity contribution in [2.75, 3.05) is 0 Å². The van der Waals surface area contributed by atoms with E-state index in [1.807, 2.05) is 12.1 Å². The van der Waals surface area contributed by atoms with Gasteiger partial charge in [-0.3, -0.25) is 0 Å². The Morgan fingerprint density at radius 2 is 2.04 bits per heavy atom. The van der Waals surface area contributed by atoms with Gasteiger partial charge in [0.2, 0.25) is 5.89 Å². The van der Waals surface area contributed by atoms with Crippen molar-refractivity contribution in [3.63, 3.8) is 0 Å². The van der Waals surface area contributed by atoms with E-state index in [1.54, 1.807) is 23.1 Å². The molecule has 0 unspecified atom stereocenters. The molecule has 126 valence electrons. The number of halogens is 1. The van der Waals surface area contributed by atoms with E-state index < -0.39 is 0 Å². The first-order valence-corrected chi connectivity index (χ1v) is 8.49. The summed E-state index contributed by atoms with van der Waals surface area (Å²) in [5, 5.41) is 16.9. The van der Waals surface area contributed by atoms with E-state index >= 15 is 0 Å². The molecule has 0 amide bonds. The molecule has 25 heavy (non-hydrogen) atoms. The molecule has 0 saturated heterocycles. The normalized spacial score (nSPS) is 11.1. The number of rotatable bonds is 6. The van der Waals surface area contributed by atoms with Crippen LogP contribution in [0, 0.1) is 0 Å². The Morgan fingerprint density at radius 3 is 2.84 bits per heavy atom. The lowest BCUT2D eigenvalue weighted by Crippen LogP contribution is -1.99. The second-order valence-electron chi connectivity index (χ2n) is 4.87. The van der Waals surface area contributed by atoms with Gasteiger partial charge in [0.05, 0.1) is 5.75 Å². The van der Waals surface area contributed by atoms with Gasteiger partial charge in [-0.1, -0.05) is 28.5 Å². The molecule has 4 aromatic rings. The molecular formula is C14H10ClN7O2S. The summed E-state index contributed by atoms with van der Waals surface area (Å²) in [5.41, 5.74) is 0.807. The van der Waals surface area contributed by atoms with Crippen LogP contribution >= 0.6 is 23.4 Å². The fourth-order valence-corrected chi connectivity index (χ4v) is 2.71. The van der Waals surface area contributed by atoms with Gasteiger partial charge in [0.25, 0.3) is 11.1 Å². The van der Waals surface area contributed by atoms with E-state index in [4.69, 9.17) is 20.5 Å². The van der Waals surface area contributed by atoms with Crippen molar-refractivity contribution >= 4 is 23.4 Å². The second-order valence-corrected chi connectivity index (χ2v) is 6.23. The fourth-order valence-electron chi connectivity index (χ4n) is 1.96. The van der Waals surface area contributed by atoms with Crippen LogP contribution in [0.25, 0.3) is 11.5 Å². The largest absolute Gasteiger partial charge is 0.414 e. The van der Waals surface area contributed by atoms with Gasteiger partial charge in [-0.05, 0) is 24.3 Å². The van der Waals surface area contributed by atoms with Crippen LogP contribution in [-0.2, 0) is 12.3 Å². The smallest absolute Gasteiger partial charge is 0.277 e. The molecule has 0 spiro atoms. The monoisotopic (exact) mass is 375 g/mol. The minimum Gasteiger partial charge on any atom is -0.414 e. The van der Waals surface area contributed by atoms with Crippen molar-refractivity contribution in [1.82, 2.24) is 35.1 Å². The molecule has 0 aliphatic rings. The lowest BCUT2D eigenvalue weighted by atomic mass is 10.2. The highest BCUT2D eigenvalue weighted by atomic mass is 35.5. The summed E-state index contributed by atoms with van der Waals surface area (Å²) in [6.07, 6.45) is 3.02. The summed E-state index contributed by atoms with van der Waals surface area (Å²) < 4.78 is 12.4. The maximum atomic E-state index is 5.87. The zero-order valence-corrected chi connectivity index (χ0v) is 14.2. The van der Waals surface area contributed by atoms with Crippen molar-refractivity contribution in [1.29, 1.82) is 0 Å². The average molecular weight is 376 g/mol. The maximum Gasteiger partial charge on any atom is 0.277 e. The van der Waals surface area contributed by atoms with Crippen LogP contribution in [0.2, 0.25) is 5.02 Å². The molecule has 9 nitrogen and oxygen atoms in total. The summed E-state index contributed by atoms with van der Waals surface area (Å²) in [6, 6.07) is 7.18. The lowest BCUT2D eigenvalue weighted by molar-refractivity contribution is 0.397. The van der Waals surface area contributed by atoms with Gasteiger partial charge in [-0.15, -0.1) is 10.2 Å². The van der Waals surface area contributed by atoms with Gasteiger partial charge >= 0.3 is 0 Å². The first-order chi connectivity index (χ1) is 12.3. The minimum absolute atomic E-state index is 0.372. The molecule has 0 atom stereocenters. The highest BCUT2D eigenvalue weighted by Gasteiger charge is 2.12. The second kappa shape index (κ2) is 7.03. The summed E-state index contributed by atoms with van der Waals surface area (Å²) in [7, 11) is 0. The van der Waals surface area contributed by atoms with Gasteiger partial charge in [-0.2, -0.15) is 10.1 Å². The van der Waals surface area contributed by atoms with E-state index in [1.165, 1.54) is 18.1 Å². The molecule has 0 bridgehead atoms. The Bertz CT molecular complexity index is 952. The molecule has 0 aliphatic heterocycles. The number of thioether (sulfide) groups is 1. The Labute approximate surface area is 150 Å². The van der Waals surface area contributed by atoms with Crippen LogP contribution in [0.3, 0.4) is 0 Å². The molecule has 0 N–H and O–H groups in total. The van der Waals surface area contributed by atoms with Crippen LogP contribution in [0.4, 0.5) is 0 Å². The minimum atomic E-state index is 0.372. The van der Waals surface area contributed by atoms with E-state index in [-0.39, 0.29) is 0 Å². The van der Waals surface area contributed by atoms with Gasteiger partial charge in [0.1, 0.15) is 19.2 Å². The van der Waals surface area contributed by atoms with Crippen LogP contribution in [0.1, 0.15) is 11.7 Å². The van der Waals surface area contributed by atoms with Crippen molar-refractivity contribution in [2.45, 2.75) is 17.5 Å². The summed E-state index contributed by atoms with van der Waals surface area (Å²) >= 11 is 7.19. The molecule has 0 aliphatic carbocycles. The van der Waals surface area contributed by atoms with Crippen molar-refractivity contribution in [2.24, 2.45) is 0 Å². The third kappa shape index (κ3) is 3.86. The highest BCUT2D eigenvalue weighted by Crippen LogP contribution is 2.23. The molecular weight excluding hydrogens is 366 g/mol. The number of hydrogen-bond donors (Lipinski definition) is 0. The van der Waals surface area contributed by atoms with Crippen LogP contribution in [0.5, 0.6) is 0 Å². The number of hydrogen-bond acceptors (Lipinski definition) is 9. The fraction of sp³-hybridized carbons (Fsp3) is 0.143. The van der Waals surface area contributed by atoms with Gasteiger partial charge < -0.3 is 8.94 Å². The zero-order valence-electron chi connectivity index (χ0n) is 12.6. The van der Waals surface area contributed by atoms with Gasteiger partial charge in [0.15, 0.2) is 5.82 Å². The summed E-state index contributed by atoms with van der Waals surface area (Å²) in [5.74, 6) is 1.86. The van der Waals surface area contributed by atoms with Crippen LogP contribution in [-0.4, -0.2) is 35.1 Å². The van der Waals surface area contributed by atoms with Crippen molar-refractivity contribution in [3.05, 3.63) is 53.7 Å². The molecule has 3 heterocycles. The number of benzene rings is 1.